The summed E-state index contributed by atoms with van der Waals surface area (Å²) in [6.07, 6.45) is 0.782. The molecule has 1 saturated carbocycles. The van der Waals surface area contributed by atoms with E-state index in [9.17, 15) is 14.8 Å². The molecule has 2 aromatic rings. The van der Waals surface area contributed by atoms with Gasteiger partial charge in [-0.25, -0.2) is 0 Å². The maximum absolute atomic E-state index is 11.0. The summed E-state index contributed by atoms with van der Waals surface area (Å²) in [6.45, 7) is 1.93. The molecule has 13 heteroatoms. The highest BCUT2D eigenvalue weighted by Gasteiger charge is 2.44. The van der Waals surface area contributed by atoms with E-state index in [1.807, 2.05) is 13.0 Å². The van der Waals surface area contributed by atoms with Gasteiger partial charge in [-0.15, -0.1) is 0 Å². The molecule has 32 heavy (non-hydrogen) atoms. The summed E-state index contributed by atoms with van der Waals surface area (Å²) < 4.78 is 28.9. The van der Waals surface area contributed by atoms with E-state index in [0.29, 0.717) is 24.1 Å². The van der Waals surface area contributed by atoms with E-state index in [1.165, 1.54) is 0 Å². The Kier molecular flexibility index (Phi) is 7.01. The molecule has 4 rings (SSSR count). The maximum Gasteiger partial charge on any atom is 0.350 e. The second kappa shape index (κ2) is 9.60. The summed E-state index contributed by atoms with van der Waals surface area (Å²) in [5.41, 5.74) is 0.469. The first-order chi connectivity index (χ1) is 15.3. The summed E-state index contributed by atoms with van der Waals surface area (Å²) in [7, 11) is -4.35. The van der Waals surface area contributed by atoms with Gasteiger partial charge in [0.1, 0.15) is 30.5 Å². The highest BCUT2D eigenvalue weighted by molar-refractivity contribution is 7.51. The smallest absolute Gasteiger partial charge is 0.350 e. The summed E-state index contributed by atoms with van der Waals surface area (Å²) in [4.78, 5) is 26.8. The third-order valence-corrected chi connectivity index (χ3v) is 6.19. The second-order valence-electron chi connectivity index (χ2n) is 8.08. The van der Waals surface area contributed by atoms with Crippen LogP contribution in [0.3, 0.4) is 0 Å². The van der Waals surface area contributed by atoms with Crippen LogP contribution in [-0.2, 0) is 14.0 Å². The lowest BCUT2D eigenvalue weighted by atomic mass is 10.1. The molecule has 2 aromatic heterocycles. The fraction of sp³-hybridized carbons (Fsp3) is 0.684. The Morgan fingerprint density at radius 3 is 2.69 bits per heavy atom. The first kappa shape index (κ1) is 23.4. The summed E-state index contributed by atoms with van der Waals surface area (Å²) >= 11 is 0. The van der Waals surface area contributed by atoms with E-state index in [4.69, 9.17) is 24.0 Å². The molecule has 5 N–H and O–H groups in total. The predicted molar refractivity (Wildman–Crippen MR) is 113 cm³/mol. The van der Waals surface area contributed by atoms with Crippen LogP contribution in [0.5, 0.6) is 6.01 Å². The van der Waals surface area contributed by atoms with E-state index >= 15 is 0 Å². The quantitative estimate of drug-likeness (QED) is 0.330. The SMILES string of the molecule is CCOc1nc(NC2CCCC2)c2ccn([C@@H]3O[C@H](COCP(=O)(O)O)[C@@H](O)[C@H]3O)c2n1. The van der Waals surface area contributed by atoms with E-state index in [1.54, 1.807) is 10.8 Å². The Bertz CT molecular complexity index is 976. The zero-order valence-electron chi connectivity index (χ0n) is 17.7. The standard InChI is InChI=1S/C19H29N4O8P/c1-2-30-19-21-16(20-11-5-3-4-6-11)12-7-8-23(17(12)22-19)18-15(25)14(24)13(31-18)9-29-10-32(26,27)28/h7-8,11,13-15,18,24-25H,2-6,9-10H2,1H3,(H,20,21,22)(H2,26,27,28)/t13-,14-,15-,18-/m1/s1. The lowest BCUT2D eigenvalue weighted by Gasteiger charge is -2.19. The normalized spacial score (nSPS) is 26.8. The van der Waals surface area contributed by atoms with Gasteiger partial charge in [-0.1, -0.05) is 12.8 Å². The molecular weight excluding hydrogens is 443 g/mol. The molecule has 1 aliphatic carbocycles. The van der Waals surface area contributed by atoms with Crippen molar-refractivity contribution >= 4 is 24.4 Å². The maximum atomic E-state index is 11.0. The van der Waals surface area contributed by atoms with E-state index in [2.05, 4.69) is 15.3 Å². The molecule has 0 amide bonds. The van der Waals surface area contributed by atoms with Gasteiger partial charge in [0.25, 0.3) is 0 Å². The summed E-state index contributed by atoms with van der Waals surface area (Å²) in [5.74, 6) is 0.638. The minimum atomic E-state index is -4.35. The molecular formula is C19H29N4O8P. The molecule has 1 saturated heterocycles. The van der Waals surface area contributed by atoms with Crippen LogP contribution in [0.15, 0.2) is 12.3 Å². The second-order valence-corrected chi connectivity index (χ2v) is 9.67. The molecule has 2 aliphatic rings. The van der Waals surface area contributed by atoms with E-state index < -0.39 is 38.5 Å². The van der Waals surface area contributed by atoms with Crippen LogP contribution < -0.4 is 10.1 Å². The molecule has 2 fully saturated rings. The van der Waals surface area contributed by atoms with Crippen LogP contribution >= 0.6 is 7.60 Å². The van der Waals surface area contributed by atoms with E-state index in [0.717, 1.165) is 31.1 Å². The summed E-state index contributed by atoms with van der Waals surface area (Å²) in [6, 6.07) is 2.31. The average Bonchev–Trinajstić information content (AvgIpc) is 3.44. The molecule has 0 aromatic carbocycles. The largest absolute Gasteiger partial charge is 0.464 e. The molecule has 4 atom stereocenters. The van der Waals surface area contributed by atoms with Crippen LogP contribution in [0.1, 0.15) is 38.8 Å². The number of anilines is 1. The van der Waals surface area contributed by atoms with Crippen molar-refractivity contribution in [1.82, 2.24) is 14.5 Å². The van der Waals surface area contributed by atoms with Crippen molar-refractivity contribution in [3.8, 4) is 6.01 Å². The highest BCUT2D eigenvalue weighted by atomic mass is 31.2. The number of aliphatic hydroxyl groups is 2. The molecule has 0 bridgehead atoms. The van der Waals surface area contributed by atoms with Crippen LogP contribution in [0, 0.1) is 0 Å². The Balaban J connectivity index is 1.59. The van der Waals surface area contributed by atoms with Crippen molar-refractivity contribution in [3.05, 3.63) is 12.3 Å². The fourth-order valence-electron chi connectivity index (χ4n) is 4.17. The number of aliphatic hydroxyl groups excluding tert-OH is 2. The summed E-state index contributed by atoms with van der Waals surface area (Å²) in [5, 5.41) is 25.2. The van der Waals surface area contributed by atoms with Gasteiger partial charge < -0.3 is 44.1 Å². The Hall–Kier alpha value is -1.79. The molecule has 3 heterocycles. The first-order valence-electron chi connectivity index (χ1n) is 10.7. The number of nitrogens with one attached hydrogen (secondary N) is 1. The van der Waals surface area contributed by atoms with Gasteiger partial charge in [0, 0.05) is 12.2 Å². The van der Waals surface area contributed by atoms with Crippen molar-refractivity contribution in [2.45, 2.75) is 63.2 Å². The molecule has 0 spiro atoms. The van der Waals surface area contributed by atoms with Crippen LogP contribution in [0.25, 0.3) is 11.0 Å². The van der Waals surface area contributed by atoms with Gasteiger partial charge in [-0.3, -0.25) is 4.57 Å². The van der Waals surface area contributed by atoms with Gasteiger partial charge in [0.05, 0.1) is 18.6 Å². The molecule has 0 unspecified atom stereocenters. The van der Waals surface area contributed by atoms with Crippen molar-refractivity contribution in [2.75, 3.05) is 24.9 Å². The average molecular weight is 472 g/mol. The van der Waals surface area contributed by atoms with Crippen molar-refractivity contribution < 1.29 is 38.8 Å². The number of nitrogens with zero attached hydrogens (tertiary/aromatic N) is 3. The van der Waals surface area contributed by atoms with Gasteiger partial charge >= 0.3 is 13.6 Å². The number of ether oxygens (including phenoxy) is 3. The van der Waals surface area contributed by atoms with Crippen molar-refractivity contribution in [2.24, 2.45) is 0 Å². The van der Waals surface area contributed by atoms with Crippen LogP contribution in [0.4, 0.5) is 5.82 Å². The van der Waals surface area contributed by atoms with Crippen molar-refractivity contribution in [3.63, 3.8) is 0 Å². The Labute approximate surface area is 184 Å². The number of hydrogen-bond donors (Lipinski definition) is 5. The first-order valence-corrected chi connectivity index (χ1v) is 12.5. The lowest BCUT2D eigenvalue weighted by molar-refractivity contribution is -0.0611. The number of rotatable bonds is 9. The van der Waals surface area contributed by atoms with Gasteiger partial charge in [0.15, 0.2) is 11.9 Å². The third-order valence-electron chi connectivity index (χ3n) is 5.67. The minimum absolute atomic E-state index is 0.190. The molecule has 0 radical (unpaired) electrons. The molecule has 178 valence electrons. The zero-order valence-corrected chi connectivity index (χ0v) is 18.6. The molecule has 1 aliphatic heterocycles. The fourth-order valence-corrected chi connectivity index (χ4v) is 4.51. The van der Waals surface area contributed by atoms with E-state index in [-0.39, 0.29) is 12.6 Å². The highest BCUT2D eigenvalue weighted by Crippen LogP contribution is 2.37. The van der Waals surface area contributed by atoms with Crippen LogP contribution in [-0.4, -0.2) is 78.5 Å². The monoisotopic (exact) mass is 472 g/mol. The van der Waals surface area contributed by atoms with Gasteiger partial charge in [-0.05, 0) is 25.8 Å². The topological polar surface area (TPSA) is 168 Å². The lowest BCUT2D eigenvalue weighted by Crippen LogP contribution is -2.33. The minimum Gasteiger partial charge on any atom is -0.464 e. The number of aromatic nitrogens is 3. The number of hydrogen-bond acceptors (Lipinski definition) is 9. The third kappa shape index (κ3) is 5.07. The Morgan fingerprint density at radius 1 is 1.25 bits per heavy atom. The van der Waals surface area contributed by atoms with Gasteiger partial charge in [0.2, 0.25) is 0 Å². The zero-order chi connectivity index (χ0) is 22.9. The predicted octanol–water partition coefficient (Wildman–Crippen LogP) is 0.955. The van der Waals surface area contributed by atoms with Crippen molar-refractivity contribution in [1.29, 1.82) is 0 Å². The number of fused-ring (bicyclic) bond motifs is 1. The van der Waals surface area contributed by atoms with Crippen LogP contribution in [0.2, 0.25) is 0 Å². The molecule has 12 nitrogen and oxygen atoms in total. The van der Waals surface area contributed by atoms with Gasteiger partial charge in [-0.2, -0.15) is 9.97 Å². The Morgan fingerprint density at radius 2 is 2.00 bits per heavy atom.